The van der Waals surface area contributed by atoms with Crippen LogP contribution in [0.15, 0.2) is 0 Å². The average Bonchev–Trinajstić information content (AvgIpc) is 2.91. The van der Waals surface area contributed by atoms with Crippen molar-refractivity contribution in [2.45, 2.75) is 31.7 Å². The van der Waals surface area contributed by atoms with Crippen LogP contribution in [0.2, 0.25) is 0 Å². The summed E-state index contributed by atoms with van der Waals surface area (Å²) in [6.07, 6.45) is 1.63. The summed E-state index contributed by atoms with van der Waals surface area (Å²) in [7, 11) is 1.54. The molecule has 0 bridgehead atoms. The zero-order valence-corrected chi connectivity index (χ0v) is 11.6. The van der Waals surface area contributed by atoms with Crippen LogP contribution in [-0.4, -0.2) is 52.1 Å². The lowest BCUT2D eigenvalue weighted by Crippen LogP contribution is -2.32. The van der Waals surface area contributed by atoms with Crippen molar-refractivity contribution in [3.8, 4) is 0 Å². The van der Waals surface area contributed by atoms with Gasteiger partial charge < -0.3 is 15.7 Å². The third-order valence-electron chi connectivity index (χ3n) is 3.65. The van der Waals surface area contributed by atoms with Gasteiger partial charge in [0, 0.05) is 13.0 Å². The van der Waals surface area contributed by atoms with E-state index in [1.54, 1.807) is 6.92 Å². The number of hydrogen-bond acceptors (Lipinski definition) is 5. The van der Waals surface area contributed by atoms with Crippen LogP contribution in [0.1, 0.15) is 47.9 Å². The average molecular weight is 281 g/mol. The highest BCUT2D eigenvalue weighted by molar-refractivity contribution is 5.87. The van der Waals surface area contributed by atoms with Crippen molar-refractivity contribution in [3.05, 3.63) is 11.4 Å². The fraction of sp³-hybridized carbons (Fsp3) is 0.667. The Labute approximate surface area is 116 Å². The van der Waals surface area contributed by atoms with E-state index in [1.807, 2.05) is 0 Å². The first-order valence-electron chi connectivity index (χ1n) is 6.67. The highest BCUT2D eigenvalue weighted by atomic mass is 16.4. The molecular weight excluding hydrogens is 262 g/mol. The standard InChI is InChI=1S/C12H19N5O3/c1-7(11(18)13-2)17-10(8-3-5-14-6-4-8)9(12(19)20)15-16-17/h7-8,14H,3-6H2,1-2H3,(H,13,18)(H,19,20). The van der Waals surface area contributed by atoms with Crippen LogP contribution in [0.25, 0.3) is 0 Å². The summed E-state index contributed by atoms with van der Waals surface area (Å²) in [6.45, 7) is 3.33. The van der Waals surface area contributed by atoms with Gasteiger partial charge in [-0.3, -0.25) is 4.79 Å². The first-order chi connectivity index (χ1) is 9.56. The number of aromatic nitrogens is 3. The Morgan fingerprint density at radius 3 is 2.65 bits per heavy atom. The minimum absolute atomic E-state index is 0.0485. The van der Waals surface area contributed by atoms with Gasteiger partial charge in [-0.2, -0.15) is 0 Å². The van der Waals surface area contributed by atoms with E-state index in [4.69, 9.17) is 0 Å². The van der Waals surface area contributed by atoms with E-state index in [0.29, 0.717) is 5.69 Å². The summed E-state index contributed by atoms with van der Waals surface area (Å²) in [5, 5.41) is 22.7. The smallest absolute Gasteiger partial charge is 0.358 e. The van der Waals surface area contributed by atoms with E-state index in [2.05, 4.69) is 20.9 Å². The third kappa shape index (κ3) is 2.64. The minimum Gasteiger partial charge on any atom is -0.476 e. The van der Waals surface area contributed by atoms with Crippen LogP contribution in [0.3, 0.4) is 0 Å². The molecule has 20 heavy (non-hydrogen) atoms. The third-order valence-corrected chi connectivity index (χ3v) is 3.65. The van der Waals surface area contributed by atoms with Gasteiger partial charge in [0.15, 0.2) is 5.69 Å². The molecule has 1 saturated heterocycles. The predicted octanol–water partition coefficient (Wildman–Crippen LogP) is -0.250. The molecule has 8 heteroatoms. The molecule has 1 fully saturated rings. The number of rotatable bonds is 4. The molecule has 0 aromatic carbocycles. The van der Waals surface area contributed by atoms with Crippen LogP contribution in [-0.2, 0) is 4.79 Å². The predicted molar refractivity (Wildman–Crippen MR) is 70.6 cm³/mol. The zero-order chi connectivity index (χ0) is 14.7. The zero-order valence-electron chi connectivity index (χ0n) is 11.6. The molecule has 8 nitrogen and oxygen atoms in total. The summed E-state index contributed by atoms with van der Waals surface area (Å²) >= 11 is 0. The van der Waals surface area contributed by atoms with E-state index in [1.165, 1.54) is 11.7 Å². The number of hydrogen-bond donors (Lipinski definition) is 3. The molecule has 1 aromatic heterocycles. The molecule has 0 radical (unpaired) electrons. The maximum atomic E-state index is 11.8. The first kappa shape index (κ1) is 14.4. The lowest BCUT2D eigenvalue weighted by Gasteiger charge is -2.24. The van der Waals surface area contributed by atoms with Gasteiger partial charge in [-0.25, -0.2) is 9.48 Å². The Morgan fingerprint density at radius 1 is 1.45 bits per heavy atom. The van der Waals surface area contributed by atoms with Crippen molar-refractivity contribution >= 4 is 11.9 Å². The van der Waals surface area contributed by atoms with Crippen LogP contribution in [0.5, 0.6) is 0 Å². The number of carbonyl (C=O) groups excluding carboxylic acids is 1. The minimum atomic E-state index is -1.10. The molecule has 0 aliphatic carbocycles. The van der Waals surface area contributed by atoms with E-state index >= 15 is 0 Å². The SMILES string of the molecule is CNC(=O)C(C)n1nnc(C(=O)O)c1C1CCNCC1. The number of carboxylic acid groups (broad SMARTS) is 1. The molecule has 1 aliphatic rings. The molecule has 0 spiro atoms. The molecule has 1 amide bonds. The van der Waals surface area contributed by atoms with Gasteiger partial charge in [-0.05, 0) is 32.9 Å². The van der Waals surface area contributed by atoms with E-state index < -0.39 is 12.0 Å². The summed E-state index contributed by atoms with van der Waals surface area (Å²) < 4.78 is 1.44. The van der Waals surface area contributed by atoms with Crippen LogP contribution in [0, 0.1) is 0 Å². The molecule has 1 unspecified atom stereocenters. The maximum Gasteiger partial charge on any atom is 0.358 e. The van der Waals surface area contributed by atoms with E-state index in [9.17, 15) is 14.7 Å². The fourth-order valence-electron chi connectivity index (χ4n) is 2.53. The number of nitrogens with zero attached hydrogens (tertiary/aromatic N) is 3. The van der Waals surface area contributed by atoms with Gasteiger partial charge in [0.1, 0.15) is 6.04 Å². The number of piperidine rings is 1. The van der Waals surface area contributed by atoms with Gasteiger partial charge in [0.2, 0.25) is 5.91 Å². The van der Waals surface area contributed by atoms with Gasteiger partial charge in [-0.1, -0.05) is 5.21 Å². The first-order valence-corrected chi connectivity index (χ1v) is 6.67. The molecule has 1 atom stereocenters. The molecular formula is C12H19N5O3. The van der Waals surface area contributed by atoms with Crippen molar-refractivity contribution in [3.63, 3.8) is 0 Å². The molecule has 2 heterocycles. The van der Waals surface area contributed by atoms with Gasteiger partial charge in [0.25, 0.3) is 0 Å². The summed E-state index contributed by atoms with van der Waals surface area (Å²) in [5.41, 5.74) is 0.503. The van der Waals surface area contributed by atoms with Crippen molar-refractivity contribution in [2.24, 2.45) is 0 Å². The summed E-state index contributed by atoms with van der Waals surface area (Å²) in [5.74, 6) is -1.26. The molecule has 2 rings (SSSR count). The van der Waals surface area contributed by atoms with Crippen LogP contribution < -0.4 is 10.6 Å². The number of amides is 1. The summed E-state index contributed by atoms with van der Waals surface area (Å²) in [4.78, 5) is 23.1. The maximum absolute atomic E-state index is 11.8. The van der Waals surface area contributed by atoms with Crippen LogP contribution >= 0.6 is 0 Å². The second-order valence-electron chi connectivity index (χ2n) is 4.89. The monoisotopic (exact) mass is 281 g/mol. The van der Waals surface area contributed by atoms with Crippen LogP contribution in [0.4, 0.5) is 0 Å². The molecule has 1 aromatic rings. The lowest BCUT2D eigenvalue weighted by molar-refractivity contribution is -0.123. The van der Waals surface area contributed by atoms with Crippen molar-refractivity contribution in [2.75, 3.05) is 20.1 Å². The number of carboxylic acids is 1. The normalized spacial score (nSPS) is 17.7. The van der Waals surface area contributed by atoms with Crippen molar-refractivity contribution in [1.82, 2.24) is 25.6 Å². The van der Waals surface area contributed by atoms with Gasteiger partial charge in [-0.15, -0.1) is 5.10 Å². The van der Waals surface area contributed by atoms with E-state index in [-0.39, 0.29) is 17.5 Å². The highest BCUT2D eigenvalue weighted by Gasteiger charge is 2.30. The Kier molecular flexibility index (Phi) is 4.33. The van der Waals surface area contributed by atoms with Gasteiger partial charge >= 0.3 is 5.97 Å². The number of nitrogens with one attached hydrogen (secondary N) is 2. The summed E-state index contributed by atoms with van der Waals surface area (Å²) in [6, 6.07) is -0.578. The fourth-order valence-corrected chi connectivity index (χ4v) is 2.53. The second-order valence-corrected chi connectivity index (χ2v) is 4.89. The highest BCUT2D eigenvalue weighted by Crippen LogP contribution is 2.29. The van der Waals surface area contributed by atoms with Crippen molar-refractivity contribution in [1.29, 1.82) is 0 Å². The van der Waals surface area contributed by atoms with Gasteiger partial charge in [0.05, 0.1) is 5.69 Å². The molecule has 1 aliphatic heterocycles. The lowest BCUT2D eigenvalue weighted by atomic mass is 9.92. The number of carbonyl (C=O) groups is 2. The Hall–Kier alpha value is -1.96. The number of likely N-dealkylation sites (N-methyl/N-ethyl adjacent to an activating group) is 1. The topological polar surface area (TPSA) is 109 Å². The largest absolute Gasteiger partial charge is 0.476 e. The Bertz CT molecular complexity index is 507. The molecule has 110 valence electrons. The Morgan fingerprint density at radius 2 is 2.10 bits per heavy atom. The van der Waals surface area contributed by atoms with Crippen molar-refractivity contribution < 1.29 is 14.7 Å². The number of aromatic carboxylic acids is 1. The molecule has 0 saturated carbocycles. The van der Waals surface area contributed by atoms with E-state index in [0.717, 1.165) is 25.9 Å². The quantitative estimate of drug-likeness (QED) is 0.702. The second kappa shape index (κ2) is 6.00. The molecule has 3 N–H and O–H groups in total. The Balaban J connectivity index is 2.41.